The molecule has 0 aliphatic rings. The van der Waals surface area contributed by atoms with E-state index in [4.69, 9.17) is 9.15 Å². The highest BCUT2D eigenvalue weighted by atomic mass is 16.5. The van der Waals surface area contributed by atoms with E-state index in [1.165, 1.54) is 5.56 Å². The van der Waals surface area contributed by atoms with Gasteiger partial charge in [-0.05, 0) is 56.5 Å². The molecule has 2 aromatic carbocycles. The van der Waals surface area contributed by atoms with Crippen molar-refractivity contribution < 1.29 is 9.15 Å². The molecule has 0 amide bonds. The lowest BCUT2D eigenvalue weighted by Gasteiger charge is -2.09. The van der Waals surface area contributed by atoms with E-state index in [0.717, 1.165) is 40.3 Å². The third-order valence-corrected chi connectivity index (χ3v) is 4.27. The summed E-state index contributed by atoms with van der Waals surface area (Å²) in [7, 11) is 0. The van der Waals surface area contributed by atoms with Crippen LogP contribution in [0.5, 0.6) is 5.75 Å². The zero-order chi connectivity index (χ0) is 28.5. The highest BCUT2D eigenvalue weighted by Crippen LogP contribution is 2.24. The Morgan fingerprint density at radius 3 is 1.86 bits per heavy atom. The van der Waals surface area contributed by atoms with E-state index < -0.39 is 0 Å². The fraction of sp³-hybridized carbons (Fsp3) is 0.441. The summed E-state index contributed by atoms with van der Waals surface area (Å²) in [6, 6.07) is 16.2. The van der Waals surface area contributed by atoms with Gasteiger partial charge in [0.1, 0.15) is 23.8 Å². The third kappa shape index (κ3) is 17.1. The van der Waals surface area contributed by atoms with Crippen LogP contribution >= 0.6 is 0 Å². The smallest absolute Gasteiger partial charge is 0.226 e. The molecule has 0 saturated heterocycles. The Labute approximate surface area is 230 Å². The highest BCUT2D eigenvalue weighted by molar-refractivity contribution is 5.53. The van der Waals surface area contributed by atoms with Crippen LogP contribution in [0.1, 0.15) is 99.2 Å². The van der Waals surface area contributed by atoms with Gasteiger partial charge in [-0.3, -0.25) is 0 Å². The van der Waals surface area contributed by atoms with E-state index in [2.05, 4.69) is 44.1 Å². The Balaban J connectivity index is -0.000000334. The fourth-order valence-electron chi connectivity index (χ4n) is 2.51. The number of ether oxygens (including phenoxy) is 1. The highest BCUT2D eigenvalue weighted by Gasteiger charge is 2.12. The number of benzene rings is 2. The summed E-state index contributed by atoms with van der Waals surface area (Å²) in [5, 5.41) is 0. The maximum Gasteiger partial charge on any atom is 0.226 e. The lowest BCUT2D eigenvalue weighted by molar-refractivity contribution is 0.297. The molecule has 0 aliphatic heterocycles. The minimum atomic E-state index is 0. The number of hydrogen-bond acceptors (Lipinski definition) is 3. The fourth-order valence-corrected chi connectivity index (χ4v) is 2.51. The summed E-state index contributed by atoms with van der Waals surface area (Å²) in [6.07, 6.45) is 2.75. The molecule has 3 heteroatoms. The lowest BCUT2D eigenvalue weighted by Crippen LogP contribution is -1.99. The van der Waals surface area contributed by atoms with Gasteiger partial charge in [0.05, 0.1) is 0 Å². The van der Waals surface area contributed by atoms with Crippen molar-refractivity contribution in [2.75, 3.05) is 0 Å². The van der Waals surface area contributed by atoms with Crippen LogP contribution in [0.25, 0.3) is 11.5 Å². The van der Waals surface area contributed by atoms with E-state index in [9.17, 15) is 0 Å². The van der Waals surface area contributed by atoms with Crippen LogP contribution in [0.4, 0.5) is 0 Å². The SMILES string of the molecule is C.C=CC(=C)C.CC.CC.CC.CC.CCc1ccc(OCc2nc(-c3ccccc3)oc2C)c(C)c1. The molecule has 3 rings (SSSR count). The summed E-state index contributed by atoms with van der Waals surface area (Å²) < 4.78 is 11.7. The first-order valence-electron chi connectivity index (χ1n) is 13.5. The standard InChI is InChI=1S/C20H21NO2.C5H8.4C2H6.CH4/c1-4-16-10-11-19(14(2)12-16)22-13-18-15(3)23-20(21-18)17-8-6-5-7-9-17;1-4-5(2)3;4*1-2;/h5-12H,4,13H2,1-3H3;4H,1-2H2,3H3;4*1-2H3;1H4. The van der Waals surface area contributed by atoms with Crippen molar-refractivity contribution in [3.8, 4) is 17.2 Å². The van der Waals surface area contributed by atoms with Crippen molar-refractivity contribution in [1.29, 1.82) is 0 Å². The minimum Gasteiger partial charge on any atom is -0.487 e. The van der Waals surface area contributed by atoms with Gasteiger partial charge in [0.2, 0.25) is 5.89 Å². The number of aryl methyl sites for hydroxylation is 3. The van der Waals surface area contributed by atoms with Gasteiger partial charge in [-0.25, -0.2) is 4.98 Å². The van der Waals surface area contributed by atoms with E-state index in [1.807, 2.05) is 106 Å². The van der Waals surface area contributed by atoms with Gasteiger partial charge in [-0.1, -0.05) is 125 Å². The topological polar surface area (TPSA) is 35.3 Å². The Hall–Kier alpha value is -3.07. The van der Waals surface area contributed by atoms with Gasteiger partial charge in [-0.15, -0.1) is 0 Å². The maximum absolute atomic E-state index is 5.93. The summed E-state index contributed by atoms with van der Waals surface area (Å²) in [5.74, 6) is 2.33. The van der Waals surface area contributed by atoms with Gasteiger partial charge in [0, 0.05) is 5.56 Å². The zero-order valence-electron chi connectivity index (χ0n) is 25.3. The Bertz CT molecular complexity index is 924. The minimum absolute atomic E-state index is 0. The summed E-state index contributed by atoms with van der Waals surface area (Å²) in [4.78, 5) is 4.57. The van der Waals surface area contributed by atoms with Gasteiger partial charge in [0.25, 0.3) is 0 Å². The van der Waals surface area contributed by atoms with E-state index >= 15 is 0 Å². The molecule has 0 bridgehead atoms. The second kappa shape index (κ2) is 27.5. The first-order valence-corrected chi connectivity index (χ1v) is 13.5. The molecule has 0 radical (unpaired) electrons. The normalized spacial score (nSPS) is 8.22. The predicted octanol–water partition coefficient (Wildman–Crippen LogP) is 11.6. The van der Waals surface area contributed by atoms with E-state index in [0.29, 0.717) is 12.5 Å². The van der Waals surface area contributed by atoms with E-state index in [1.54, 1.807) is 6.08 Å². The van der Waals surface area contributed by atoms with Gasteiger partial charge >= 0.3 is 0 Å². The van der Waals surface area contributed by atoms with Crippen molar-refractivity contribution in [1.82, 2.24) is 4.98 Å². The molecule has 0 fully saturated rings. The number of aromatic nitrogens is 1. The molecule has 3 nitrogen and oxygen atoms in total. The molecule has 0 spiro atoms. The zero-order valence-corrected chi connectivity index (χ0v) is 25.3. The van der Waals surface area contributed by atoms with Crippen molar-refractivity contribution in [3.05, 3.63) is 95.9 Å². The van der Waals surface area contributed by atoms with Crippen LogP contribution in [0.15, 0.2) is 77.8 Å². The molecule has 37 heavy (non-hydrogen) atoms. The molecule has 0 saturated carbocycles. The average molecular weight is 512 g/mol. The van der Waals surface area contributed by atoms with Crippen LogP contribution in [0.2, 0.25) is 0 Å². The molecule has 210 valence electrons. The lowest BCUT2D eigenvalue weighted by atomic mass is 10.1. The van der Waals surface area contributed by atoms with Crippen LogP contribution in [0, 0.1) is 13.8 Å². The molecule has 0 atom stereocenters. The second-order valence-electron chi connectivity index (χ2n) is 6.68. The number of hydrogen-bond donors (Lipinski definition) is 0. The first-order chi connectivity index (χ1) is 17.4. The summed E-state index contributed by atoms with van der Waals surface area (Å²) >= 11 is 0. The number of nitrogens with zero attached hydrogens (tertiary/aromatic N) is 1. The van der Waals surface area contributed by atoms with Gasteiger partial charge < -0.3 is 9.15 Å². The summed E-state index contributed by atoms with van der Waals surface area (Å²) in [6.45, 7) is 31.5. The quantitative estimate of drug-likeness (QED) is 0.309. The molecule has 3 aromatic rings. The molecule has 0 aliphatic carbocycles. The predicted molar refractivity (Wildman–Crippen MR) is 169 cm³/mol. The van der Waals surface area contributed by atoms with Crippen LogP contribution < -0.4 is 4.74 Å². The molecular formula is C34H57NO2. The van der Waals surface area contributed by atoms with Crippen molar-refractivity contribution in [2.45, 2.75) is 104 Å². The number of rotatable bonds is 6. The maximum atomic E-state index is 5.93. The molecule has 0 N–H and O–H groups in total. The van der Waals surface area contributed by atoms with Crippen LogP contribution in [-0.4, -0.2) is 4.98 Å². The largest absolute Gasteiger partial charge is 0.487 e. The second-order valence-corrected chi connectivity index (χ2v) is 6.68. The Morgan fingerprint density at radius 2 is 1.43 bits per heavy atom. The Kier molecular flexibility index (Phi) is 30.5. The summed E-state index contributed by atoms with van der Waals surface area (Å²) in [5.41, 5.74) is 5.30. The molecule has 1 heterocycles. The monoisotopic (exact) mass is 511 g/mol. The average Bonchev–Trinajstić information content (AvgIpc) is 3.33. The van der Waals surface area contributed by atoms with E-state index in [-0.39, 0.29) is 7.43 Å². The molecule has 0 unspecified atom stereocenters. The van der Waals surface area contributed by atoms with Crippen LogP contribution in [-0.2, 0) is 13.0 Å². The van der Waals surface area contributed by atoms with Crippen LogP contribution in [0.3, 0.4) is 0 Å². The Morgan fingerprint density at radius 1 is 0.919 bits per heavy atom. The number of oxazole rings is 1. The van der Waals surface area contributed by atoms with Gasteiger partial charge in [0.15, 0.2) is 0 Å². The third-order valence-electron chi connectivity index (χ3n) is 4.27. The first kappa shape index (κ1) is 41.1. The van der Waals surface area contributed by atoms with Crippen molar-refractivity contribution in [3.63, 3.8) is 0 Å². The van der Waals surface area contributed by atoms with Crippen molar-refractivity contribution in [2.24, 2.45) is 0 Å². The molecule has 1 aromatic heterocycles. The number of allylic oxidation sites excluding steroid dienone is 2. The van der Waals surface area contributed by atoms with Crippen molar-refractivity contribution >= 4 is 0 Å². The van der Waals surface area contributed by atoms with Gasteiger partial charge in [-0.2, -0.15) is 0 Å². The molecular weight excluding hydrogens is 454 g/mol.